The largest absolute Gasteiger partial charge is 0.264 e. The Morgan fingerprint density at radius 1 is 1.04 bits per heavy atom. The number of rotatable bonds is 5. The number of benzene rings is 1. The van der Waals surface area contributed by atoms with Gasteiger partial charge >= 0.3 is 0 Å². The monoisotopic (exact) mass is 359 g/mol. The van der Waals surface area contributed by atoms with Crippen molar-refractivity contribution in [3.05, 3.63) is 77.7 Å². The molecule has 0 amide bonds. The average Bonchev–Trinajstić information content (AvgIpc) is 2.61. The van der Waals surface area contributed by atoms with Gasteiger partial charge < -0.3 is 0 Å². The van der Waals surface area contributed by atoms with E-state index in [4.69, 9.17) is 11.6 Å². The molecule has 1 aromatic carbocycles. The van der Waals surface area contributed by atoms with Crippen LogP contribution in [0.25, 0.3) is 11.3 Å². The maximum absolute atomic E-state index is 12.2. The second kappa shape index (κ2) is 7.09. The van der Waals surface area contributed by atoms with E-state index in [2.05, 4.69) is 14.7 Å². The minimum Gasteiger partial charge on any atom is -0.264 e. The lowest BCUT2D eigenvalue weighted by Gasteiger charge is -2.07. The van der Waals surface area contributed by atoms with E-state index in [1.54, 1.807) is 30.7 Å². The molecule has 24 heavy (non-hydrogen) atoms. The number of aromatic nitrogens is 2. The predicted octanol–water partition coefficient (Wildman–Crippen LogP) is 3.28. The van der Waals surface area contributed by atoms with Crippen LogP contribution in [0.4, 0.5) is 0 Å². The highest BCUT2D eigenvalue weighted by atomic mass is 35.5. The molecule has 3 aromatic rings. The van der Waals surface area contributed by atoms with E-state index in [1.165, 1.54) is 12.1 Å². The third-order valence-corrected chi connectivity index (χ3v) is 4.99. The first-order valence-electron chi connectivity index (χ1n) is 7.15. The van der Waals surface area contributed by atoms with Crippen molar-refractivity contribution in [2.75, 3.05) is 0 Å². The Morgan fingerprint density at radius 2 is 1.92 bits per heavy atom. The molecular weight excluding hydrogens is 346 g/mol. The second-order valence-electron chi connectivity index (χ2n) is 5.08. The maximum atomic E-state index is 12.2. The van der Waals surface area contributed by atoms with E-state index in [0.29, 0.717) is 5.02 Å². The van der Waals surface area contributed by atoms with Crippen LogP contribution in [0.15, 0.2) is 72.0 Å². The quantitative estimate of drug-likeness (QED) is 0.758. The van der Waals surface area contributed by atoms with Crippen molar-refractivity contribution in [1.82, 2.24) is 14.7 Å². The molecule has 0 saturated carbocycles. The lowest BCUT2D eigenvalue weighted by atomic mass is 10.1. The lowest BCUT2D eigenvalue weighted by molar-refractivity contribution is 0.581. The number of nitrogens with one attached hydrogen (secondary N) is 1. The maximum Gasteiger partial charge on any atom is 0.240 e. The van der Waals surface area contributed by atoms with Gasteiger partial charge in [-0.3, -0.25) is 9.97 Å². The van der Waals surface area contributed by atoms with Gasteiger partial charge in [0.05, 0.1) is 10.6 Å². The molecular formula is C17H14ClN3O2S. The summed E-state index contributed by atoms with van der Waals surface area (Å²) in [7, 11) is -3.62. The summed E-state index contributed by atoms with van der Waals surface area (Å²) in [5, 5.41) is 0.375. The Labute approximate surface area is 145 Å². The predicted molar refractivity (Wildman–Crippen MR) is 92.9 cm³/mol. The fourth-order valence-electron chi connectivity index (χ4n) is 2.11. The zero-order valence-corrected chi connectivity index (χ0v) is 14.1. The molecule has 5 nitrogen and oxygen atoms in total. The molecule has 122 valence electrons. The van der Waals surface area contributed by atoms with Gasteiger partial charge in [-0.15, -0.1) is 0 Å². The van der Waals surface area contributed by atoms with Crippen molar-refractivity contribution >= 4 is 21.6 Å². The van der Waals surface area contributed by atoms with Crippen molar-refractivity contribution in [1.29, 1.82) is 0 Å². The van der Waals surface area contributed by atoms with Crippen molar-refractivity contribution in [2.24, 2.45) is 0 Å². The third-order valence-electron chi connectivity index (χ3n) is 3.35. The highest BCUT2D eigenvalue weighted by Gasteiger charge is 2.14. The first-order valence-corrected chi connectivity index (χ1v) is 9.01. The van der Waals surface area contributed by atoms with Crippen LogP contribution < -0.4 is 4.72 Å². The Hall–Kier alpha value is -2.28. The van der Waals surface area contributed by atoms with Crippen LogP contribution in [0.5, 0.6) is 0 Å². The van der Waals surface area contributed by atoms with Crippen LogP contribution in [-0.4, -0.2) is 18.4 Å². The molecule has 0 atom stereocenters. The third kappa shape index (κ3) is 3.97. The highest BCUT2D eigenvalue weighted by molar-refractivity contribution is 7.89. The number of hydrogen-bond acceptors (Lipinski definition) is 4. The smallest absolute Gasteiger partial charge is 0.240 e. The van der Waals surface area contributed by atoms with Gasteiger partial charge in [-0.25, -0.2) is 13.1 Å². The SMILES string of the molecule is O=S(=O)(NCc1ccc(-c2cccnc2)nc1)c1cccc(Cl)c1. The molecule has 2 aromatic heterocycles. The normalized spacial score (nSPS) is 11.4. The molecule has 0 aliphatic carbocycles. The molecule has 1 N–H and O–H groups in total. The fraction of sp³-hybridized carbons (Fsp3) is 0.0588. The lowest BCUT2D eigenvalue weighted by Crippen LogP contribution is -2.23. The summed E-state index contributed by atoms with van der Waals surface area (Å²) in [6.07, 6.45) is 5.06. The van der Waals surface area contributed by atoms with Gasteiger partial charge in [0, 0.05) is 35.7 Å². The summed E-state index contributed by atoms with van der Waals surface area (Å²) >= 11 is 5.84. The van der Waals surface area contributed by atoms with Gasteiger partial charge in [0.1, 0.15) is 0 Å². The molecule has 0 fully saturated rings. The zero-order valence-electron chi connectivity index (χ0n) is 12.6. The van der Waals surface area contributed by atoms with E-state index >= 15 is 0 Å². The van der Waals surface area contributed by atoms with Gasteiger partial charge in [0.25, 0.3) is 0 Å². The van der Waals surface area contributed by atoms with Gasteiger partial charge in [0.15, 0.2) is 0 Å². The Bertz CT molecular complexity index is 930. The Balaban J connectivity index is 1.71. The van der Waals surface area contributed by atoms with E-state index in [-0.39, 0.29) is 11.4 Å². The summed E-state index contributed by atoms with van der Waals surface area (Å²) in [5.41, 5.74) is 2.45. The number of pyridine rings is 2. The van der Waals surface area contributed by atoms with E-state index < -0.39 is 10.0 Å². The molecule has 0 bridgehead atoms. The van der Waals surface area contributed by atoms with Gasteiger partial charge in [-0.2, -0.15) is 0 Å². The number of halogens is 1. The highest BCUT2D eigenvalue weighted by Crippen LogP contribution is 2.17. The molecule has 0 saturated heterocycles. The van der Waals surface area contributed by atoms with E-state index in [0.717, 1.165) is 16.8 Å². The van der Waals surface area contributed by atoms with Gasteiger partial charge in [0.2, 0.25) is 10.0 Å². The summed E-state index contributed by atoms with van der Waals surface area (Å²) in [6, 6.07) is 13.5. The number of hydrogen-bond donors (Lipinski definition) is 1. The van der Waals surface area contributed by atoms with Crippen molar-refractivity contribution in [2.45, 2.75) is 11.4 Å². The first-order chi connectivity index (χ1) is 11.5. The van der Waals surface area contributed by atoms with Crippen LogP contribution in [-0.2, 0) is 16.6 Å². The van der Waals surface area contributed by atoms with E-state index in [1.807, 2.05) is 24.3 Å². The molecule has 3 rings (SSSR count). The summed E-state index contributed by atoms with van der Waals surface area (Å²) in [5.74, 6) is 0. The molecule has 0 spiro atoms. The standard InChI is InChI=1S/C17H14ClN3O2S/c18-15-4-1-5-16(9-15)24(22,23)21-11-13-6-7-17(20-10-13)14-3-2-8-19-12-14/h1-10,12,21H,11H2. The van der Waals surface area contributed by atoms with Crippen molar-refractivity contribution < 1.29 is 8.42 Å². The Kier molecular flexibility index (Phi) is 4.89. The molecule has 0 radical (unpaired) electrons. The van der Waals surface area contributed by atoms with Crippen LogP contribution in [0.3, 0.4) is 0 Å². The van der Waals surface area contributed by atoms with Crippen LogP contribution in [0.1, 0.15) is 5.56 Å². The minimum atomic E-state index is -3.62. The molecule has 2 heterocycles. The second-order valence-corrected chi connectivity index (χ2v) is 7.28. The minimum absolute atomic E-state index is 0.134. The number of sulfonamides is 1. The molecule has 7 heteroatoms. The zero-order chi connectivity index (χ0) is 17.0. The molecule has 0 unspecified atom stereocenters. The fourth-order valence-corrected chi connectivity index (χ4v) is 3.43. The van der Waals surface area contributed by atoms with Gasteiger partial charge in [-0.1, -0.05) is 23.7 Å². The molecule has 0 aliphatic rings. The van der Waals surface area contributed by atoms with E-state index in [9.17, 15) is 8.42 Å². The van der Waals surface area contributed by atoms with Crippen LogP contribution in [0.2, 0.25) is 5.02 Å². The van der Waals surface area contributed by atoms with Crippen LogP contribution >= 0.6 is 11.6 Å². The van der Waals surface area contributed by atoms with Crippen molar-refractivity contribution in [3.63, 3.8) is 0 Å². The van der Waals surface area contributed by atoms with Crippen LogP contribution in [0, 0.1) is 0 Å². The first kappa shape index (κ1) is 16.6. The molecule has 0 aliphatic heterocycles. The topological polar surface area (TPSA) is 72.0 Å². The van der Waals surface area contributed by atoms with Crippen molar-refractivity contribution in [3.8, 4) is 11.3 Å². The summed E-state index contributed by atoms with van der Waals surface area (Å²) < 4.78 is 27.0. The average molecular weight is 360 g/mol. The van der Waals surface area contributed by atoms with Gasteiger partial charge in [-0.05, 0) is 42.0 Å². The number of nitrogens with zero attached hydrogens (tertiary/aromatic N) is 2. The Morgan fingerprint density at radius 3 is 2.58 bits per heavy atom. The summed E-state index contributed by atoms with van der Waals surface area (Å²) in [4.78, 5) is 8.53. The summed E-state index contributed by atoms with van der Waals surface area (Å²) in [6.45, 7) is 0.148.